The van der Waals surface area contributed by atoms with Gasteiger partial charge in [-0.15, -0.1) is 0 Å². The van der Waals surface area contributed by atoms with Gasteiger partial charge in [-0.2, -0.15) is 0 Å². The fourth-order valence-corrected chi connectivity index (χ4v) is 2.80. The molecular weight excluding hydrogens is 382 g/mol. The molecule has 0 unspecified atom stereocenters. The summed E-state index contributed by atoms with van der Waals surface area (Å²) in [4.78, 5) is 36.2. The molecule has 1 amide bonds. The van der Waals surface area contributed by atoms with Crippen molar-refractivity contribution in [3.05, 3.63) is 80.7 Å². The van der Waals surface area contributed by atoms with Crippen LogP contribution in [0.2, 0.25) is 5.02 Å². The molecule has 0 bridgehead atoms. The number of nitrogens with one attached hydrogen (secondary N) is 1. The summed E-state index contributed by atoms with van der Waals surface area (Å²) in [5.41, 5.74) is 1.78. The molecule has 0 saturated heterocycles. The smallest absolute Gasteiger partial charge is 0.336 e. The summed E-state index contributed by atoms with van der Waals surface area (Å²) in [5.74, 6) is -1.03. The minimum Gasteiger partial charge on any atom is -0.459 e. The molecule has 3 aromatic rings. The Labute approximate surface area is 166 Å². The lowest BCUT2D eigenvalue weighted by Gasteiger charge is -2.14. The summed E-state index contributed by atoms with van der Waals surface area (Å²) in [6, 6.07) is 12.2. The molecule has 144 valence electrons. The first kappa shape index (κ1) is 19.6. The number of amides is 1. The summed E-state index contributed by atoms with van der Waals surface area (Å²) in [5, 5.41) is 3.77. The molecule has 1 atom stereocenters. The molecule has 0 aliphatic carbocycles. The first-order valence-corrected chi connectivity index (χ1v) is 8.98. The highest BCUT2D eigenvalue weighted by Crippen LogP contribution is 2.19. The van der Waals surface area contributed by atoms with E-state index in [2.05, 4.69) is 5.32 Å². The predicted octanol–water partition coefficient (Wildman–Crippen LogP) is 3.62. The third-order valence-electron chi connectivity index (χ3n) is 4.16. The van der Waals surface area contributed by atoms with E-state index in [0.717, 1.165) is 5.56 Å². The van der Waals surface area contributed by atoms with E-state index in [4.69, 9.17) is 20.8 Å². The van der Waals surface area contributed by atoms with Crippen LogP contribution in [-0.4, -0.2) is 17.9 Å². The lowest BCUT2D eigenvalue weighted by Crippen LogP contribution is -2.39. The molecule has 28 heavy (non-hydrogen) atoms. The van der Waals surface area contributed by atoms with E-state index in [1.54, 1.807) is 30.3 Å². The number of hydrogen-bond acceptors (Lipinski definition) is 5. The lowest BCUT2D eigenvalue weighted by atomic mass is 10.1. The van der Waals surface area contributed by atoms with Gasteiger partial charge in [0.25, 0.3) is 5.91 Å². The summed E-state index contributed by atoms with van der Waals surface area (Å²) >= 11 is 5.80. The fourth-order valence-electron chi connectivity index (χ4n) is 2.67. The second-order valence-electron chi connectivity index (χ2n) is 6.40. The molecule has 1 N–H and O–H groups in total. The summed E-state index contributed by atoms with van der Waals surface area (Å²) in [7, 11) is 0. The van der Waals surface area contributed by atoms with Crippen molar-refractivity contribution in [2.75, 3.05) is 0 Å². The van der Waals surface area contributed by atoms with E-state index < -0.39 is 23.5 Å². The van der Waals surface area contributed by atoms with Crippen molar-refractivity contribution < 1.29 is 18.7 Å². The topological polar surface area (TPSA) is 85.6 Å². The van der Waals surface area contributed by atoms with Crippen LogP contribution in [0.25, 0.3) is 11.0 Å². The zero-order valence-electron chi connectivity index (χ0n) is 15.3. The van der Waals surface area contributed by atoms with E-state index in [-0.39, 0.29) is 6.61 Å². The SMILES string of the molecule is Cc1ccc2c(COC(=O)[C@H](C)NC(=O)c3ccc(Cl)cc3)cc(=O)oc2c1. The van der Waals surface area contributed by atoms with Gasteiger partial charge in [0.1, 0.15) is 18.2 Å². The van der Waals surface area contributed by atoms with Crippen molar-refractivity contribution in [2.24, 2.45) is 0 Å². The molecule has 0 saturated carbocycles. The van der Waals surface area contributed by atoms with Crippen LogP contribution in [0.1, 0.15) is 28.4 Å². The fraction of sp³-hybridized carbons (Fsp3) is 0.190. The zero-order valence-corrected chi connectivity index (χ0v) is 16.1. The van der Waals surface area contributed by atoms with Gasteiger partial charge in [0.2, 0.25) is 0 Å². The molecule has 1 aromatic heterocycles. The number of aryl methyl sites for hydroxylation is 1. The quantitative estimate of drug-likeness (QED) is 0.523. The number of hydrogen-bond donors (Lipinski definition) is 1. The van der Waals surface area contributed by atoms with Crippen molar-refractivity contribution in [3.63, 3.8) is 0 Å². The minimum absolute atomic E-state index is 0.106. The standard InChI is InChI=1S/C21H18ClNO5/c1-12-3-8-17-15(10-19(24)28-18(17)9-12)11-27-21(26)13(2)23-20(25)14-4-6-16(22)7-5-14/h3-10,13H,11H2,1-2H3,(H,23,25)/t13-/m0/s1. The highest BCUT2D eigenvalue weighted by molar-refractivity contribution is 6.30. The normalized spacial score (nSPS) is 11.8. The minimum atomic E-state index is -0.864. The Kier molecular flexibility index (Phi) is 5.80. The van der Waals surface area contributed by atoms with Gasteiger partial charge < -0.3 is 14.5 Å². The third kappa shape index (κ3) is 4.58. The Morgan fingerprint density at radius 2 is 1.86 bits per heavy atom. The van der Waals surface area contributed by atoms with Crippen molar-refractivity contribution in [2.45, 2.75) is 26.5 Å². The molecule has 1 heterocycles. The van der Waals surface area contributed by atoms with Gasteiger partial charge in [-0.05, 0) is 49.7 Å². The number of benzene rings is 2. The molecule has 0 spiro atoms. The van der Waals surface area contributed by atoms with Crippen molar-refractivity contribution in [1.29, 1.82) is 0 Å². The van der Waals surface area contributed by atoms with E-state index in [9.17, 15) is 14.4 Å². The van der Waals surface area contributed by atoms with E-state index >= 15 is 0 Å². The highest BCUT2D eigenvalue weighted by atomic mass is 35.5. The van der Waals surface area contributed by atoms with E-state index in [1.165, 1.54) is 13.0 Å². The van der Waals surface area contributed by atoms with Crippen LogP contribution in [0, 0.1) is 6.92 Å². The monoisotopic (exact) mass is 399 g/mol. The zero-order chi connectivity index (χ0) is 20.3. The second-order valence-corrected chi connectivity index (χ2v) is 6.84. The number of carbonyl (C=O) groups excluding carboxylic acids is 2. The Balaban J connectivity index is 1.66. The molecule has 2 aromatic carbocycles. The Morgan fingerprint density at radius 3 is 2.57 bits per heavy atom. The van der Waals surface area contributed by atoms with Gasteiger partial charge in [0.15, 0.2) is 0 Å². The maximum Gasteiger partial charge on any atom is 0.336 e. The lowest BCUT2D eigenvalue weighted by molar-refractivity contribution is -0.146. The van der Waals surface area contributed by atoms with Crippen LogP contribution in [0.3, 0.4) is 0 Å². The highest BCUT2D eigenvalue weighted by Gasteiger charge is 2.19. The molecule has 0 aliphatic rings. The average molecular weight is 400 g/mol. The van der Waals surface area contributed by atoms with E-state index in [1.807, 2.05) is 19.1 Å². The van der Waals surface area contributed by atoms with Gasteiger partial charge in [0.05, 0.1) is 0 Å². The van der Waals surface area contributed by atoms with Gasteiger partial charge in [0, 0.05) is 27.6 Å². The number of ether oxygens (including phenoxy) is 1. The maximum atomic E-state index is 12.3. The predicted molar refractivity (Wildman–Crippen MR) is 105 cm³/mol. The first-order chi connectivity index (χ1) is 13.3. The number of halogens is 1. The van der Waals surface area contributed by atoms with Gasteiger partial charge in [-0.1, -0.05) is 23.7 Å². The first-order valence-electron chi connectivity index (χ1n) is 8.60. The molecule has 3 rings (SSSR count). The number of fused-ring (bicyclic) bond motifs is 1. The van der Waals surface area contributed by atoms with Gasteiger partial charge in [-0.3, -0.25) is 4.79 Å². The Hall–Kier alpha value is -3.12. The van der Waals surface area contributed by atoms with Crippen LogP contribution in [0.4, 0.5) is 0 Å². The molecule has 0 fully saturated rings. The molecule has 0 aliphatic heterocycles. The van der Waals surface area contributed by atoms with Gasteiger partial charge >= 0.3 is 11.6 Å². The summed E-state index contributed by atoms with van der Waals surface area (Å²) in [6.45, 7) is 3.30. The maximum absolute atomic E-state index is 12.3. The molecule has 6 nitrogen and oxygen atoms in total. The van der Waals surface area contributed by atoms with Gasteiger partial charge in [-0.25, -0.2) is 9.59 Å². The average Bonchev–Trinajstić information content (AvgIpc) is 2.65. The number of carbonyl (C=O) groups is 2. The van der Waals surface area contributed by atoms with Crippen LogP contribution < -0.4 is 10.9 Å². The summed E-state index contributed by atoms with van der Waals surface area (Å²) in [6.07, 6.45) is 0. The van der Waals surface area contributed by atoms with E-state index in [0.29, 0.717) is 27.1 Å². The second kappa shape index (κ2) is 8.27. The number of rotatable bonds is 5. The third-order valence-corrected chi connectivity index (χ3v) is 4.42. The summed E-state index contributed by atoms with van der Waals surface area (Å²) < 4.78 is 10.5. The molecular formula is C21H18ClNO5. The number of esters is 1. The van der Waals surface area contributed by atoms with Crippen LogP contribution >= 0.6 is 11.6 Å². The Bertz CT molecular complexity index is 1090. The molecule has 7 heteroatoms. The van der Waals surface area contributed by atoms with Crippen LogP contribution in [0.5, 0.6) is 0 Å². The van der Waals surface area contributed by atoms with Crippen molar-refractivity contribution in [1.82, 2.24) is 5.32 Å². The Morgan fingerprint density at radius 1 is 1.14 bits per heavy atom. The largest absolute Gasteiger partial charge is 0.459 e. The van der Waals surface area contributed by atoms with Crippen LogP contribution in [0.15, 0.2) is 57.7 Å². The molecule has 0 radical (unpaired) electrons. The van der Waals surface area contributed by atoms with Crippen LogP contribution in [-0.2, 0) is 16.1 Å². The van der Waals surface area contributed by atoms with Crippen molar-refractivity contribution in [3.8, 4) is 0 Å². The van der Waals surface area contributed by atoms with Crippen molar-refractivity contribution >= 4 is 34.4 Å².